The summed E-state index contributed by atoms with van der Waals surface area (Å²) in [6.07, 6.45) is 3.33. The average molecular weight is 227 g/mol. The van der Waals surface area contributed by atoms with E-state index in [1.165, 1.54) is 7.11 Å². The van der Waals surface area contributed by atoms with Crippen LogP contribution in [-0.4, -0.2) is 18.3 Å². The van der Waals surface area contributed by atoms with Gasteiger partial charge in [0.25, 0.3) is 0 Å². The third kappa shape index (κ3) is 2.60. The van der Waals surface area contributed by atoms with Gasteiger partial charge in [0.15, 0.2) is 0 Å². The molecule has 4 nitrogen and oxygen atoms in total. The second-order valence-corrected chi connectivity index (χ2v) is 3.48. The van der Waals surface area contributed by atoms with Crippen LogP contribution in [0.2, 0.25) is 0 Å². The molecule has 2 aromatic rings. The van der Waals surface area contributed by atoms with Crippen molar-refractivity contribution in [3.05, 3.63) is 48.2 Å². The number of hydrogen-bond acceptors (Lipinski definition) is 4. The fraction of sp³-hybridized carbons (Fsp3) is 0.0769. The Morgan fingerprint density at radius 3 is 2.71 bits per heavy atom. The molecule has 1 aromatic carbocycles. The lowest BCUT2D eigenvalue weighted by molar-refractivity contribution is 0.215. The molecule has 0 aliphatic rings. The van der Waals surface area contributed by atoms with Crippen LogP contribution in [-0.2, 0) is 4.84 Å². The molecule has 0 aliphatic heterocycles. The summed E-state index contributed by atoms with van der Waals surface area (Å²) in [5.41, 5.74) is 9.26. The number of nitrogens with zero attached hydrogens (tertiary/aromatic N) is 2. The van der Waals surface area contributed by atoms with E-state index in [1.54, 1.807) is 12.4 Å². The number of aromatic nitrogens is 1. The molecule has 0 atom stereocenters. The summed E-state index contributed by atoms with van der Waals surface area (Å²) in [5.74, 6) is 0. The van der Waals surface area contributed by atoms with Crippen molar-refractivity contribution >= 4 is 11.9 Å². The lowest BCUT2D eigenvalue weighted by atomic mass is 10.1. The van der Waals surface area contributed by atoms with Gasteiger partial charge >= 0.3 is 0 Å². The summed E-state index contributed by atoms with van der Waals surface area (Å²) < 4.78 is 0. The van der Waals surface area contributed by atoms with Crippen molar-refractivity contribution in [3.8, 4) is 11.3 Å². The van der Waals surface area contributed by atoms with Crippen molar-refractivity contribution in [2.24, 2.45) is 5.16 Å². The van der Waals surface area contributed by atoms with Gasteiger partial charge in [-0.25, -0.2) is 0 Å². The number of anilines is 1. The Labute approximate surface area is 99.7 Å². The molecule has 0 amide bonds. The van der Waals surface area contributed by atoms with Crippen LogP contribution >= 0.6 is 0 Å². The van der Waals surface area contributed by atoms with Crippen LogP contribution in [0.25, 0.3) is 11.3 Å². The molecule has 0 fully saturated rings. The number of oxime groups is 1. The van der Waals surface area contributed by atoms with Crippen molar-refractivity contribution in [3.63, 3.8) is 0 Å². The molecule has 0 spiro atoms. The van der Waals surface area contributed by atoms with Crippen molar-refractivity contribution in [2.75, 3.05) is 12.8 Å². The molecule has 17 heavy (non-hydrogen) atoms. The minimum Gasteiger partial charge on any atom is -0.399 e. The zero-order valence-corrected chi connectivity index (χ0v) is 9.50. The Bertz CT molecular complexity index is 520. The number of para-hydroxylation sites is 1. The normalized spacial score (nSPS) is 10.6. The third-order valence-corrected chi connectivity index (χ3v) is 2.33. The fourth-order valence-electron chi connectivity index (χ4n) is 1.48. The molecule has 2 rings (SSSR count). The van der Waals surface area contributed by atoms with Crippen LogP contribution in [0.4, 0.5) is 5.69 Å². The smallest absolute Gasteiger partial charge is 0.106 e. The summed E-state index contributed by atoms with van der Waals surface area (Å²) >= 11 is 0. The van der Waals surface area contributed by atoms with Gasteiger partial charge in [-0.1, -0.05) is 23.4 Å². The maximum Gasteiger partial charge on any atom is 0.106 e. The summed E-state index contributed by atoms with van der Waals surface area (Å²) in [5, 5.41) is 3.67. The largest absolute Gasteiger partial charge is 0.399 e. The van der Waals surface area contributed by atoms with E-state index in [1.807, 2.05) is 36.4 Å². The molecule has 86 valence electrons. The molecular formula is C13H13N3O. The van der Waals surface area contributed by atoms with Gasteiger partial charge in [0.1, 0.15) is 7.11 Å². The minimum absolute atomic E-state index is 0.721. The molecule has 0 unspecified atom stereocenters. The predicted octanol–water partition coefficient (Wildman–Crippen LogP) is 2.31. The van der Waals surface area contributed by atoms with Gasteiger partial charge < -0.3 is 10.6 Å². The first-order valence-corrected chi connectivity index (χ1v) is 5.18. The molecule has 0 bridgehead atoms. The van der Waals surface area contributed by atoms with Gasteiger partial charge in [-0.3, -0.25) is 4.98 Å². The summed E-state index contributed by atoms with van der Waals surface area (Å²) in [7, 11) is 1.50. The Morgan fingerprint density at radius 1 is 1.24 bits per heavy atom. The van der Waals surface area contributed by atoms with E-state index in [2.05, 4.69) is 15.0 Å². The van der Waals surface area contributed by atoms with Crippen LogP contribution < -0.4 is 5.73 Å². The molecular weight excluding hydrogens is 214 g/mol. The minimum atomic E-state index is 0.721. The third-order valence-electron chi connectivity index (χ3n) is 2.33. The second-order valence-electron chi connectivity index (χ2n) is 3.48. The molecule has 2 N–H and O–H groups in total. The second kappa shape index (κ2) is 5.12. The average Bonchev–Trinajstić information content (AvgIpc) is 2.38. The zero-order chi connectivity index (χ0) is 12.1. The van der Waals surface area contributed by atoms with E-state index in [-0.39, 0.29) is 0 Å². The predicted molar refractivity (Wildman–Crippen MR) is 68.7 cm³/mol. The molecule has 1 aromatic heterocycles. The highest BCUT2D eigenvalue weighted by Gasteiger charge is 2.02. The van der Waals surface area contributed by atoms with Crippen molar-refractivity contribution in [2.45, 2.75) is 0 Å². The summed E-state index contributed by atoms with van der Waals surface area (Å²) in [6, 6.07) is 11.5. The number of hydrogen-bond donors (Lipinski definition) is 1. The fourth-order valence-corrected chi connectivity index (χ4v) is 1.48. The molecule has 0 saturated heterocycles. The summed E-state index contributed by atoms with van der Waals surface area (Å²) in [6.45, 7) is 0. The van der Waals surface area contributed by atoms with Gasteiger partial charge in [-0.2, -0.15) is 0 Å². The Hall–Kier alpha value is -2.36. The van der Waals surface area contributed by atoms with Gasteiger partial charge in [0, 0.05) is 23.0 Å². The first kappa shape index (κ1) is 11.1. The van der Waals surface area contributed by atoms with Crippen LogP contribution in [0, 0.1) is 0 Å². The van der Waals surface area contributed by atoms with Crippen LogP contribution in [0.1, 0.15) is 5.56 Å². The number of nitrogen functional groups attached to an aromatic ring is 1. The first-order valence-electron chi connectivity index (χ1n) is 5.18. The van der Waals surface area contributed by atoms with Crippen molar-refractivity contribution in [1.29, 1.82) is 0 Å². The SMILES string of the molecule is CO/N=C\c1ccc(-c2ccccc2N)nc1. The van der Waals surface area contributed by atoms with Gasteiger partial charge in [-0.05, 0) is 18.2 Å². The van der Waals surface area contributed by atoms with Gasteiger partial charge in [-0.15, -0.1) is 0 Å². The van der Waals surface area contributed by atoms with Crippen LogP contribution in [0.5, 0.6) is 0 Å². The van der Waals surface area contributed by atoms with Crippen LogP contribution in [0.3, 0.4) is 0 Å². The Balaban J connectivity index is 2.30. The van der Waals surface area contributed by atoms with E-state index in [0.29, 0.717) is 0 Å². The maximum atomic E-state index is 5.88. The quantitative estimate of drug-likeness (QED) is 0.497. The molecule has 0 radical (unpaired) electrons. The molecule has 1 heterocycles. The number of rotatable bonds is 3. The Morgan fingerprint density at radius 2 is 2.06 bits per heavy atom. The Kier molecular flexibility index (Phi) is 3.35. The zero-order valence-electron chi connectivity index (χ0n) is 9.50. The molecule has 0 saturated carbocycles. The summed E-state index contributed by atoms with van der Waals surface area (Å²) in [4.78, 5) is 8.94. The van der Waals surface area contributed by atoms with Gasteiger partial charge in [0.2, 0.25) is 0 Å². The van der Waals surface area contributed by atoms with E-state index >= 15 is 0 Å². The standard InChI is InChI=1S/C13H13N3O/c1-17-16-9-10-6-7-13(15-8-10)11-4-2-3-5-12(11)14/h2-9H,14H2,1H3/b16-9-. The van der Waals surface area contributed by atoms with Crippen molar-refractivity contribution < 1.29 is 4.84 Å². The lowest BCUT2D eigenvalue weighted by Gasteiger charge is -2.04. The number of nitrogens with two attached hydrogens (primary N) is 1. The maximum absolute atomic E-state index is 5.88. The van der Waals surface area contributed by atoms with E-state index in [0.717, 1.165) is 22.5 Å². The van der Waals surface area contributed by atoms with Gasteiger partial charge in [0.05, 0.1) is 11.9 Å². The highest BCUT2D eigenvalue weighted by molar-refractivity contribution is 5.80. The van der Waals surface area contributed by atoms with E-state index < -0.39 is 0 Å². The molecule has 4 heteroatoms. The number of pyridine rings is 1. The lowest BCUT2D eigenvalue weighted by Crippen LogP contribution is -1.92. The monoisotopic (exact) mass is 227 g/mol. The van der Waals surface area contributed by atoms with Crippen molar-refractivity contribution in [1.82, 2.24) is 4.98 Å². The molecule has 0 aliphatic carbocycles. The first-order chi connectivity index (χ1) is 8.31. The highest BCUT2D eigenvalue weighted by Crippen LogP contribution is 2.23. The van der Waals surface area contributed by atoms with Crippen LogP contribution in [0.15, 0.2) is 47.8 Å². The topological polar surface area (TPSA) is 60.5 Å². The highest BCUT2D eigenvalue weighted by atomic mass is 16.6. The number of benzene rings is 1. The van der Waals surface area contributed by atoms with E-state index in [9.17, 15) is 0 Å². The van der Waals surface area contributed by atoms with E-state index in [4.69, 9.17) is 5.73 Å².